The van der Waals surface area contributed by atoms with E-state index in [1.165, 1.54) is 12.8 Å². The normalized spacial score (nSPS) is 15.3. The molecule has 0 aromatic rings. The Morgan fingerprint density at radius 2 is 1.90 bits per heavy atom. The molecule has 0 nitrogen and oxygen atoms in total. The minimum absolute atomic E-state index is 0.398. The summed E-state index contributed by atoms with van der Waals surface area (Å²) in [5, 5.41) is 0. The molecular formula is C9H18Br. The minimum Gasteiger partial charge on any atom is -0.0885 e. The van der Waals surface area contributed by atoms with Crippen LogP contribution in [0.1, 0.15) is 40.0 Å². The lowest BCUT2D eigenvalue weighted by Crippen LogP contribution is -2.19. The first-order valence-electron chi connectivity index (χ1n) is 3.92. The van der Waals surface area contributed by atoms with Crippen LogP contribution in [0, 0.1) is 12.3 Å². The molecule has 0 aliphatic rings. The summed E-state index contributed by atoms with van der Waals surface area (Å²) < 4.78 is 0. The predicted octanol–water partition coefficient (Wildman–Crippen LogP) is 3.80. The quantitative estimate of drug-likeness (QED) is 0.616. The topological polar surface area (TPSA) is 0 Å². The standard InChI is InChI=1S/C9H18Br/c1-5-6-7-8(10)9(2,3)4/h8H,1,5-7H2,2-4H3. The van der Waals surface area contributed by atoms with E-state index >= 15 is 0 Å². The zero-order valence-electron chi connectivity index (χ0n) is 7.28. The van der Waals surface area contributed by atoms with Crippen molar-refractivity contribution in [3.8, 4) is 0 Å². The number of halogens is 1. The van der Waals surface area contributed by atoms with E-state index in [1.54, 1.807) is 0 Å². The van der Waals surface area contributed by atoms with E-state index in [9.17, 15) is 0 Å². The van der Waals surface area contributed by atoms with Gasteiger partial charge in [-0.1, -0.05) is 56.5 Å². The van der Waals surface area contributed by atoms with Gasteiger partial charge < -0.3 is 0 Å². The van der Waals surface area contributed by atoms with E-state index < -0.39 is 0 Å². The van der Waals surface area contributed by atoms with Crippen LogP contribution in [0.2, 0.25) is 0 Å². The molecule has 0 rings (SSSR count). The average Bonchev–Trinajstić information content (AvgIpc) is 1.80. The van der Waals surface area contributed by atoms with Gasteiger partial charge in [-0.25, -0.2) is 0 Å². The van der Waals surface area contributed by atoms with Crippen LogP contribution < -0.4 is 0 Å². The number of alkyl halides is 1. The molecule has 10 heavy (non-hydrogen) atoms. The SMILES string of the molecule is [CH2]CCCC(Br)C(C)(C)C. The maximum absolute atomic E-state index is 3.82. The fourth-order valence-corrected chi connectivity index (χ4v) is 1.08. The number of hydrogen-bond acceptors (Lipinski definition) is 0. The molecule has 0 aromatic heterocycles. The highest BCUT2D eigenvalue weighted by atomic mass is 79.9. The molecule has 1 radical (unpaired) electrons. The van der Waals surface area contributed by atoms with Gasteiger partial charge in [0.1, 0.15) is 0 Å². The number of unbranched alkanes of at least 4 members (excludes halogenated alkanes) is 1. The third-order valence-electron chi connectivity index (χ3n) is 1.65. The van der Waals surface area contributed by atoms with Crippen molar-refractivity contribution in [2.24, 2.45) is 5.41 Å². The van der Waals surface area contributed by atoms with Crippen molar-refractivity contribution in [1.29, 1.82) is 0 Å². The lowest BCUT2D eigenvalue weighted by atomic mass is 9.89. The van der Waals surface area contributed by atoms with Crippen LogP contribution in [-0.2, 0) is 0 Å². The first-order valence-corrected chi connectivity index (χ1v) is 4.83. The van der Waals surface area contributed by atoms with Gasteiger partial charge in [0.25, 0.3) is 0 Å². The molecule has 1 heteroatoms. The van der Waals surface area contributed by atoms with Crippen LogP contribution >= 0.6 is 15.9 Å². The fourth-order valence-electron chi connectivity index (χ4n) is 0.757. The van der Waals surface area contributed by atoms with Gasteiger partial charge in [-0.3, -0.25) is 0 Å². The Labute approximate surface area is 73.5 Å². The Morgan fingerprint density at radius 3 is 2.20 bits per heavy atom. The van der Waals surface area contributed by atoms with Gasteiger partial charge in [0.2, 0.25) is 0 Å². The van der Waals surface area contributed by atoms with Crippen LogP contribution in [0.15, 0.2) is 0 Å². The number of hydrogen-bond donors (Lipinski definition) is 0. The molecule has 1 atom stereocenters. The summed E-state index contributed by atoms with van der Waals surface area (Å²) in [5.41, 5.74) is 0.398. The van der Waals surface area contributed by atoms with Crippen molar-refractivity contribution in [3.05, 3.63) is 6.92 Å². The first kappa shape index (κ1) is 10.5. The summed E-state index contributed by atoms with van der Waals surface area (Å²) in [6.45, 7) is 10.6. The van der Waals surface area contributed by atoms with E-state index in [1.807, 2.05) is 0 Å². The van der Waals surface area contributed by atoms with E-state index in [2.05, 4.69) is 43.6 Å². The predicted molar refractivity (Wildman–Crippen MR) is 51.4 cm³/mol. The van der Waals surface area contributed by atoms with Gasteiger partial charge in [-0.15, -0.1) is 0 Å². The van der Waals surface area contributed by atoms with Gasteiger partial charge >= 0.3 is 0 Å². The van der Waals surface area contributed by atoms with Gasteiger partial charge in [0, 0.05) is 4.83 Å². The summed E-state index contributed by atoms with van der Waals surface area (Å²) >= 11 is 3.67. The fraction of sp³-hybridized carbons (Fsp3) is 0.889. The molecule has 0 aromatic carbocycles. The molecule has 0 fully saturated rings. The second-order valence-electron chi connectivity index (χ2n) is 3.83. The Bertz CT molecular complexity index is 81.2. The van der Waals surface area contributed by atoms with Crippen LogP contribution in [0.4, 0.5) is 0 Å². The second kappa shape index (κ2) is 4.38. The molecule has 0 N–H and O–H groups in total. The number of rotatable bonds is 3. The molecule has 1 unspecified atom stereocenters. The van der Waals surface area contributed by atoms with E-state index in [-0.39, 0.29) is 0 Å². The second-order valence-corrected chi connectivity index (χ2v) is 4.93. The summed E-state index contributed by atoms with van der Waals surface area (Å²) in [5.74, 6) is 0. The zero-order valence-corrected chi connectivity index (χ0v) is 8.87. The van der Waals surface area contributed by atoms with Crippen molar-refractivity contribution >= 4 is 15.9 Å². The van der Waals surface area contributed by atoms with E-state index in [0.29, 0.717) is 10.2 Å². The van der Waals surface area contributed by atoms with Crippen LogP contribution in [-0.4, -0.2) is 4.83 Å². The molecule has 0 amide bonds. The largest absolute Gasteiger partial charge is 0.0885 e. The van der Waals surface area contributed by atoms with Crippen molar-refractivity contribution in [2.75, 3.05) is 0 Å². The lowest BCUT2D eigenvalue weighted by Gasteiger charge is -2.25. The van der Waals surface area contributed by atoms with Crippen molar-refractivity contribution in [1.82, 2.24) is 0 Å². The summed E-state index contributed by atoms with van der Waals surface area (Å²) in [6.07, 6.45) is 3.53. The molecule has 0 aliphatic carbocycles. The Balaban J connectivity index is 3.52. The molecule has 0 saturated carbocycles. The zero-order chi connectivity index (χ0) is 8.20. The molecule has 0 heterocycles. The van der Waals surface area contributed by atoms with Crippen molar-refractivity contribution in [2.45, 2.75) is 44.9 Å². The lowest BCUT2D eigenvalue weighted by molar-refractivity contribution is 0.381. The molecule has 61 valence electrons. The van der Waals surface area contributed by atoms with Gasteiger partial charge in [-0.05, 0) is 11.8 Å². The summed E-state index contributed by atoms with van der Waals surface area (Å²) in [4.78, 5) is 0.641. The third kappa shape index (κ3) is 4.32. The summed E-state index contributed by atoms with van der Waals surface area (Å²) in [7, 11) is 0. The Hall–Kier alpha value is 0.480. The van der Waals surface area contributed by atoms with E-state index in [4.69, 9.17) is 0 Å². The monoisotopic (exact) mass is 205 g/mol. The first-order chi connectivity index (χ1) is 4.48. The third-order valence-corrected chi connectivity index (χ3v) is 3.48. The molecular weight excluding hydrogens is 188 g/mol. The maximum Gasteiger partial charge on any atom is 0.0194 e. The van der Waals surface area contributed by atoms with Gasteiger partial charge in [0.15, 0.2) is 0 Å². The highest BCUT2D eigenvalue weighted by Crippen LogP contribution is 2.29. The van der Waals surface area contributed by atoms with Crippen LogP contribution in [0.25, 0.3) is 0 Å². The highest BCUT2D eigenvalue weighted by Gasteiger charge is 2.20. The van der Waals surface area contributed by atoms with Gasteiger partial charge in [-0.2, -0.15) is 0 Å². The maximum atomic E-state index is 3.82. The minimum atomic E-state index is 0.398. The van der Waals surface area contributed by atoms with Crippen molar-refractivity contribution in [3.63, 3.8) is 0 Å². The Morgan fingerprint density at radius 1 is 1.40 bits per heavy atom. The van der Waals surface area contributed by atoms with Gasteiger partial charge in [0.05, 0.1) is 0 Å². The smallest absolute Gasteiger partial charge is 0.0194 e. The summed E-state index contributed by atoms with van der Waals surface area (Å²) in [6, 6.07) is 0. The van der Waals surface area contributed by atoms with Crippen molar-refractivity contribution < 1.29 is 0 Å². The average molecular weight is 206 g/mol. The molecule has 0 spiro atoms. The highest BCUT2D eigenvalue weighted by molar-refractivity contribution is 9.09. The molecule has 0 saturated heterocycles. The van der Waals surface area contributed by atoms with E-state index in [0.717, 1.165) is 6.42 Å². The molecule has 0 aliphatic heterocycles. The molecule has 0 bridgehead atoms. The Kier molecular flexibility index (Phi) is 4.59. The van der Waals surface area contributed by atoms with Crippen LogP contribution in [0.5, 0.6) is 0 Å². The van der Waals surface area contributed by atoms with Crippen LogP contribution in [0.3, 0.4) is 0 Å².